The van der Waals surface area contributed by atoms with Gasteiger partial charge < -0.3 is 14.9 Å². The Balaban J connectivity index is 0.000000172. The summed E-state index contributed by atoms with van der Waals surface area (Å²) < 4.78 is 30.3. The molecule has 0 aliphatic carbocycles. The Morgan fingerprint density at radius 3 is 1.55 bits per heavy atom. The number of aliphatic hydroxyl groups excluding tert-OH is 1. The Labute approximate surface area is 340 Å². The Hall–Kier alpha value is -5.75. The number of aromatic nitrogens is 4. The maximum absolute atomic E-state index is 12.5. The van der Waals surface area contributed by atoms with Crippen LogP contribution in [0.25, 0.3) is 44.1 Å². The van der Waals surface area contributed by atoms with Crippen molar-refractivity contribution in [1.29, 1.82) is 0 Å². The number of aliphatic hydroxyl groups is 1. The maximum Gasteiger partial charge on any atom is 0.296 e. The molecule has 58 heavy (non-hydrogen) atoms. The number of hydrogen-bond acceptors (Lipinski definition) is 10. The minimum Gasteiger partial charge on any atom is -0.396 e. The number of rotatable bonds is 9. The van der Waals surface area contributed by atoms with Crippen LogP contribution in [0.3, 0.4) is 0 Å². The first-order valence-corrected chi connectivity index (χ1v) is 21.4. The summed E-state index contributed by atoms with van der Waals surface area (Å²) in [6, 6.07) is 40.1. The minimum absolute atomic E-state index is 0.181. The van der Waals surface area contributed by atoms with Gasteiger partial charge in [0.1, 0.15) is 0 Å². The number of benzene rings is 5. The van der Waals surface area contributed by atoms with E-state index >= 15 is 0 Å². The number of nitrogens with zero attached hydrogens (tertiary/aromatic N) is 6. The first kappa shape index (κ1) is 39.1. The first-order valence-electron chi connectivity index (χ1n) is 20.0. The lowest BCUT2D eigenvalue weighted by molar-refractivity contribution is 0.202. The molecule has 2 aliphatic rings. The van der Waals surface area contributed by atoms with Gasteiger partial charge in [-0.05, 0) is 102 Å². The molecule has 0 spiro atoms. The van der Waals surface area contributed by atoms with Crippen LogP contribution in [0.2, 0.25) is 0 Å². The van der Waals surface area contributed by atoms with E-state index in [1.807, 2.05) is 37.4 Å². The van der Waals surface area contributed by atoms with E-state index in [0.717, 1.165) is 85.9 Å². The van der Waals surface area contributed by atoms with Crippen molar-refractivity contribution < 1.29 is 17.7 Å². The van der Waals surface area contributed by atoms with E-state index < -0.39 is 10.1 Å². The molecule has 4 heterocycles. The average molecular weight is 793 g/mol. The second-order valence-corrected chi connectivity index (χ2v) is 16.8. The highest BCUT2D eigenvalue weighted by Gasteiger charge is 2.25. The third kappa shape index (κ3) is 9.34. The fraction of sp³-hybridized carbons (Fsp3) is 0.277. The molecule has 9 rings (SSSR count). The summed E-state index contributed by atoms with van der Waals surface area (Å²) >= 11 is 0. The van der Waals surface area contributed by atoms with Gasteiger partial charge in [-0.3, -0.25) is 4.18 Å². The first-order chi connectivity index (χ1) is 28.3. The zero-order valence-electron chi connectivity index (χ0n) is 32.7. The number of piperidine rings is 2. The van der Waals surface area contributed by atoms with Crippen molar-refractivity contribution in [2.75, 3.05) is 49.2 Å². The molecule has 2 aromatic heterocycles. The van der Waals surface area contributed by atoms with Gasteiger partial charge in [-0.1, -0.05) is 90.5 Å². The highest BCUT2D eigenvalue weighted by Crippen LogP contribution is 2.28. The molecule has 0 amide bonds. The van der Waals surface area contributed by atoms with E-state index in [2.05, 4.69) is 92.6 Å². The molecule has 0 bridgehead atoms. The zero-order chi connectivity index (χ0) is 39.9. The van der Waals surface area contributed by atoms with Gasteiger partial charge in [-0.15, -0.1) is 0 Å². The van der Waals surface area contributed by atoms with E-state index in [-0.39, 0.29) is 24.0 Å². The predicted octanol–water partition coefficient (Wildman–Crippen LogP) is 8.73. The van der Waals surface area contributed by atoms with Crippen LogP contribution in [0.4, 0.5) is 11.9 Å². The topological polar surface area (TPSA) is 122 Å². The SMILES string of the molecule is Cc1ccc(S(=O)(=O)OCC2CCN(c3nccc(-c4ccc5ccccc5c4)n3)CC2)cc1.OCC1CCN(c2nccc(-c3ccc4ccccc4c3)n2)CC1. The Morgan fingerprint density at radius 2 is 1.07 bits per heavy atom. The van der Waals surface area contributed by atoms with Crippen molar-refractivity contribution >= 4 is 43.6 Å². The second-order valence-electron chi connectivity index (χ2n) is 15.2. The normalized spacial score (nSPS) is 15.3. The molecule has 0 saturated carbocycles. The van der Waals surface area contributed by atoms with Crippen LogP contribution in [0.15, 0.2) is 139 Å². The summed E-state index contributed by atoms with van der Waals surface area (Å²) in [4.78, 5) is 23.1. The molecule has 11 heteroatoms. The molecule has 0 atom stereocenters. The van der Waals surface area contributed by atoms with Crippen molar-refractivity contribution in [3.63, 3.8) is 0 Å². The maximum atomic E-state index is 12.5. The van der Waals surface area contributed by atoms with E-state index in [1.165, 1.54) is 21.5 Å². The Kier molecular flexibility index (Phi) is 12.0. The van der Waals surface area contributed by atoms with Gasteiger partial charge >= 0.3 is 0 Å². The van der Waals surface area contributed by atoms with Crippen molar-refractivity contribution in [2.24, 2.45) is 11.8 Å². The molecule has 2 aliphatic heterocycles. The molecule has 10 nitrogen and oxygen atoms in total. The molecule has 0 radical (unpaired) electrons. The van der Waals surface area contributed by atoms with Crippen molar-refractivity contribution in [2.45, 2.75) is 37.5 Å². The van der Waals surface area contributed by atoms with Crippen LogP contribution in [-0.2, 0) is 14.3 Å². The van der Waals surface area contributed by atoms with Gasteiger partial charge in [0.15, 0.2) is 0 Å². The third-order valence-electron chi connectivity index (χ3n) is 11.2. The Morgan fingerprint density at radius 1 is 0.603 bits per heavy atom. The summed E-state index contributed by atoms with van der Waals surface area (Å²) in [5.74, 6) is 2.10. The van der Waals surface area contributed by atoms with Crippen LogP contribution in [0.1, 0.15) is 31.2 Å². The molecule has 5 aromatic carbocycles. The smallest absolute Gasteiger partial charge is 0.296 e. The fourth-order valence-electron chi connectivity index (χ4n) is 7.59. The van der Waals surface area contributed by atoms with Crippen LogP contribution < -0.4 is 9.80 Å². The molecular formula is C47H48N6O4S. The van der Waals surface area contributed by atoms with Gasteiger partial charge in [0, 0.05) is 56.3 Å². The lowest BCUT2D eigenvalue weighted by Gasteiger charge is -2.31. The summed E-state index contributed by atoms with van der Waals surface area (Å²) in [6.07, 6.45) is 7.29. The molecule has 296 valence electrons. The number of aryl methyl sites for hydroxylation is 1. The van der Waals surface area contributed by atoms with Gasteiger partial charge in [-0.25, -0.2) is 19.9 Å². The van der Waals surface area contributed by atoms with E-state index in [4.69, 9.17) is 14.2 Å². The van der Waals surface area contributed by atoms with E-state index in [9.17, 15) is 13.5 Å². The lowest BCUT2D eigenvalue weighted by atomic mass is 9.98. The third-order valence-corrected chi connectivity index (χ3v) is 12.5. The average Bonchev–Trinajstić information content (AvgIpc) is 3.28. The largest absolute Gasteiger partial charge is 0.396 e. The highest BCUT2D eigenvalue weighted by atomic mass is 32.2. The van der Waals surface area contributed by atoms with Gasteiger partial charge in [-0.2, -0.15) is 8.42 Å². The number of fused-ring (bicyclic) bond motifs is 2. The Bertz CT molecular complexity index is 2590. The predicted molar refractivity (Wildman–Crippen MR) is 231 cm³/mol. The van der Waals surface area contributed by atoms with Gasteiger partial charge in [0.05, 0.1) is 22.9 Å². The molecule has 2 fully saturated rings. The summed E-state index contributed by atoms with van der Waals surface area (Å²) in [6.45, 7) is 5.75. The minimum atomic E-state index is -3.73. The van der Waals surface area contributed by atoms with Crippen LogP contribution >= 0.6 is 0 Å². The molecule has 1 N–H and O–H groups in total. The molecule has 2 saturated heterocycles. The standard InChI is InChI=1S/C27H27N3O3S.C20H21N3O/c1-20-6-10-25(11-7-20)34(31,32)33-19-21-13-16-30(17-14-21)27-28-15-12-26(29-27)24-9-8-22-4-2-3-5-23(22)18-24;24-14-15-8-11-23(12-9-15)20-21-10-7-19(22-20)18-6-5-16-3-1-2-4-17(16)13-18/h2-12,15,18,21H,13-14,16-17,19H2,1H3;1-7,10,13,15,24H,8-9,11-12,14H2. The van der Waals surface area contributed by atoms with Gasteiger partial charge in [0.25, 0.3) is 10.1 Å². The fourth-order valence-corrected chi connectivity index (χ4v) is 8.57. The molecule has 0 unspecified atom stereocenters. The molecule has 7 aromatic rings. The van der Waals surface area contributed by atoms with Crippen LogP contribution in [-0.4, -0.2) is 72.9 Å². The van der Waals surface area contributed by atoms with Gasteiger partial charge in [0.2, 0.25) is 11.9 Å². The monoisotopic (exact) mass is 792 g/mol. The van der Waals surface area contributed by atoms with Crippen LogP contribution in [0, 0.1) is 18.8 Å². The lowest BCUT2D eigenvalue weighted by Crippen LogP contribution is -2.36. The second kappa shape index (κ2) is 17.8. The van der Waals surface area contributed by atoms with Crippen molar-refractivity contribution in [3.05, 3.63) is 139 Å². The number of hydrogen-bond donors (Lipinski definition) is 1. The van der Waals surface area contributed by atoms with Crippen molar-refractivity contribution in [3.8, 4) is 22.5 Å². The summed E-state index contributed by atoms with van der Waals surface area (Å²) in [5.41, 5.74) is 5.04. The van der Waals surface area contributed by atoms with E-state index in [1.54, 1.807) is 30.5 Å². The number of anilines is 2. The van der Waals surface area contributed by atoms with Crippen molar-refractivity contribution in [1.82, 2.24) is 19.9 Å². The zero-order valence-corrected chi connectivity index (χ0v) is 33.5. The summed E-state index contributed by atoms with van der Waals surface area (Å²) in [5, 5.41) is 14.1. The quantitative estimate of drug-likeness (QED) is 0.142. The highest BCUT2D eigenvalue weighted by molar-refractivity contribution is 7.86. The summed E-state index contributed by atoms with van der Waals surface area (Å²) in [7, 11) is -3.73. The van der Waals surface area contributed by atoms with Crippen LogP contribution in [0.5, 0.6) is 0 Å². The van der Waals surface area contributed by atoms with E-state index in [0.29, 0.717) is 11.9 Å². The molecular weight excluding hydrogens is 745 g/mol.